The van der Waals surface area contributed by atoms with Gasteiger partial charge in [-0.2, -0.15) is 0 Å². The number of halogens is 2. The molecule has 0 bridgehead atoms. The van der Waals surface area contributed by atoms with E-state index in [0.717, 1.165) is 22.0 Å². The molecule has 4 nitrogen and oxygen atoms in total. The molecule has 0 aromatic heterocycles. The molecule has 0 saturated heterocycles. The van der Waals surface area contributed by atoms with Crippen LogP contribution in [0.1, 0.15) is 24.1 Å². The Bertz CT molecular complexity index is 1030. The fourth-order valence-electron chi connectivity index (χ4n) is 3.23. The van der Waals surface area contributed by atoms with Crippen LogP contribution in [0.4, 0.5) is 0 Å². The van der Waals surface area contributed by atoms with Crippen molar-refractivity contribution in [3.05, 3.63) is 74.8 Å². The molecule has 28 heavy (non-hydrogen) atoms. The Morgan fingerprint density at radius 3 is 2.50 bits per heavy atom. The van der Waals surface area contributed by atoms with E-state index in [4.69, 9.17) is 37.7 Å². The molecule has 2 aliphatic heterocycles. The smallest absolute Gasteiger partial charge is 0.173 e. The molecule has 2 aromatic rings. The van der Waals surface area contributed by atoms with E-state index in [1.54, 1.807) is 32.0 Å². The van der Waals surface area contributed by atoms with Crippen LogP contribution < -0.4 is 9.47 Å². The second kappa shape index (κ2) is 7.74. The molecule has 0 amide bonds. The molecule has 2 aromatic carbocycles. The van der Waals surface area contributed by atoms with Gasteiger partial charge in [0.15, 0.2) is 16.7 Å². The summed E-state index contributed by atoms with van der Waals surface area (Å²) in [5.41, 5.74) is 2.87. The van der Waals surface area contributed by atoms with Gasteiger partial charge in [0.1, 0.15) is 0 Å². The van der Waals surface area contributed by atoms with Gasteiger partial charge >= 0.3 is 0 Å². The second-order valence-corrected chi connectivity index (χ2v) is 8.41. The zero-order valence-electron chi connectivity index (χ0n) is 15.6. The van der Waals surface area contributed by atoms with Gasteiger partial charge in [-0.05, 0) is 42.8 Å². The number of rotatable bonds is 4. The first-order valence-corrected chi connectivity index (χ1v) is 10.2. The lowest BCUT2D eigenvalue weighted by Gasteiger charge is -2.30. The fraction of sp³-hybridized carbons (Fsp3) is 0.190. The molecule has 2 aliphatic rings. The predicted molar refractivity (Wildman–Crippen MR) is 117 cm³/mol. The number of aliphatic imine (C=N–C) groups is 1. The van der Waals surface area contributed by atoms with Crippen molar-refractivity contribution in [2.75, 3.05) is 14.2 Å². The van der Waals surface area contributed by atoms with E-state index in [-0.39, 0.29) is 6.04 Å². The molecule has 1 atom stereocenters. The van der Waals surface area contributed by atoms with Gasteiger partial charge in [-0.25, -0.2) is 4.99 Å². The Labute approximate surface area is 178 Å². The zero-order chi connectivity index (χ0) is 19.8. The van der Waals surface area contributed by atoms with E-state index >= 15 is 0 Å². The Morgan fingerprint density at radius 2 is 1.79 bits per heavy atom. The van der Waals surface area contributed by atoms with Gasteiger partial charge in [-0.3, -0.25) is 0 Å². The summed E-state index contributed by atoms with van der Waals surface area (Å²) in [5, 5.41) is 1.97. The Hall–Kier alpha value is -2.08. The number of amidine groups is 1. The summed E-state index contributed by atoms with van der Waals surface area (Å²) in [4.78, 5) is 8.20. The number of allylic oxidation sites excluding steroid dienone is 1. The van der Waals surface area contributed by atoms with E-state index in [2.05, 4.69) is 24.1 Å². The van der Waals surface area contributed by atoms with E-state index in [0.29, 0.717) is 21.5 Å². The van der Waals surface area contributed by atoms with Crippen LogP contribution in [0.2, 0.25) is 10.0 Å². The summed E-state index contributed by atoms with van der Waals surface area (Å²) < 4.78 is 10.9. The molecular weight excluding hydrogens is 415 g/mol. The van der Waals surface area contributed by atoms with Gasteiger partial charge in [0.2, 0.25) is 0 Å². The quantitative estimate of drug-likeness (QED) is 0.561. The summed E-state index contributed by atoms with van der Waals surface area (Å²) >= 11 is 14.0. The molecule has 4 rings (SSSR count). The van der Waals surface area contributed by atoms with Gasteiger partial charge in [0, 0.05) is 16.7 Å². The first kappa shape index (κ1) is 19.2. The van der Waals surface area contributed by atoms with Crippen molar-refractivity contribution in [3.8, 4) is 11.5 Å². The zero-order valence-corrected chi connectivity index (χ0v) is 17.9. The molecule has 0 saturated carbocycles. The SMILES string of the molecule is COc1ccc(C2C=C(c3ccc(Cl)c(Cl)c3)N=C3SC(C)=CN32)cc1OC. The van der Waals surface area contributed by atoms with Crippen LogP contribution in [-0.2, 0) is 0 Å². The van der Waals surface area contributed by atoms with E-state index < -0.39 is 0 Å². The molecule has 0 radical (unpaired) electrons. The minimum absolute atomic E-state index is 0.0262. The summed E-state index contributed by atoms with van der Waals surface area (Å²) in [7, 11) is 3.27. The first-order chi connectivity index (χ1) is 13.5. The monoisotopic (exact) mass is 432 g/mol. The van der Waals surface area contributed by atoms with E-state index in [1.807, 2.05) is 30.3 Å². The minimum atomic E-state index is -0.0262. The number of hydrogen-bond acceptors (Lipinski definition) is 5. The standard InChI is InChI=1S/C21H18Cl2N2O2S/c1-12-11-25-18(14-5-7-19(26-2)20(9-14)27-3)10-17(24-21(25)28-12)13-4-6-15(22)16(23)8-13/h4-11,18H,1-3H3. The Balaban J connectivity index is 1.81. The Morgan fingerprint density at radius 1 is 1.00 bits per heavy atom. The minimum Gasteiger partial charge on any atom is -0.493 e. The van der Waals surface area contributed by atoms with Gasteiger partial charge in [-0.1, -0.05) is 47.1 Å². The van der Waals surface area contributed by atoms with Crippen LogP contribution >= 0.6 is 35.0 Å². The van der Waals surface area contributed by atoms with Crippen molar-refractivity contribution in [2.45, 2.75) is 13.0 Å². The molecule has 0 aliphatic carbocycles. The van der Waals surface area contributed by atoms with Crippen molar-refractivity contribution in [3.63, 3.8) is 0 Å². The molecule has 0 spiro atoms. The number of hydrogen-bond donors (Lipinski definition) is 0. The van der Waals surface area contributed by atoms with Gasteiger partial charge in [-0.15, -0.1) is 0 Å². The van der Waals surface area contributed by atoms with E-state index in [9.17, 15) is 0 Å². The topological polar surface area (TPSA) is 34.1 Å². The number of benzene rings is 2. The van der Waals surface area contributed by atoms with Crippen molar-refractivity contribution in [1.29, 1.82) is 0 Å². The third-order valence-electron chi connectivity index (χ3n) is 4.59. The first-order valence-electron chi connectivity index (χ1n) is 8.62. The van der Waals surface area contributed by atoms with Gasteiger partial charge < -0.3 is 14.4 Å². The van der Waals surface area contributed by atoms with Crippen molar-refractivity contribution in [1.82, 2.24) is 4.90 Å². The van der Waals surface area contributed by atoms with Crippen LogP contribution in [0, 0.1) is 0 Å². The maximum absolute atomic E-state index is 6.23. The summed E-state index contributed by atoms with van der Waals surface area (Å²) in [5.74, 6) is 1.40. The third-order valence-corrected chi connectivity index (χ3v) is 6.24. The molecule has 1 unspecified atom stereocenters. The molecule has 144 valence electrons. The van der Waals surface area contributed by atoms with Crippen LogP contribution in [0.5, 0.6) is 11.5 Å². The highest BCUT2D eigenvalue weighted by molar-refractivity contribution is 8.17. The highest BCUT2D eigenvalue weighted by atomic mass is 35.5. The van der Waals surface area contributed by atoms with Crippen molar-refractivity contribution in [2.24, 2.45) is 4.99 Å². The van der Waals surface area contributed by atoms with Crippen LogP contribution in [-0.4, -0.2) is 24.3 Å². The third kappa shape index (κ3) is 3.50. The fourth-order valence-corrected chi connectivity index (χ4v) is 4.40. The highest BCUT2D eigenvalue weighted by Crippen LogP contribution is 2.43. The lowest BCUT2D eigenvalue weighted by molar-refractivity contribution is 0.353. The van der Waals surface area contributed by atoms with Crippen molar-refractivity contribution < 1.29 is 9.47 Å². The number of ether oxygens (including phenoxy) is 2. The lowest BCUT2D eigenvalue weighted by Crippen LogP contribution is -2.27. The van der Waals surface area contributed by atoms with Crippen LogP contribution in [0.3, 0.4) is 0 Å². The average Bonchev–Trinajstić information content (AvgIpc) is 3.08. The molecule has 7 heteroatoms. The predicted octanol–water partition coefficient (Wildman–Crippen LogP) is 6.37. The number of fused-ring (bicyclic) bond motifs is 1. The normalized spacial score (nSPS) is 18.2. The van der Waals surface area contributed by atoms with E-state index in [1.165, 1.54) is 4.91 Å². The van der Waals surface area contributed by atoms with Gasteiger partial charge in [0.25, 0.3) is 0 Å². The largest absolute Gasteiger partial charge is 0.493 e. The number of nitrogens with zero attached hydrogens (tertiary/aromatic N) is 2. The van der Waals surface area contributed by atoms with Crippen LogP contribution in [0.25, 0.3) is 5.70 Å². The molecule has 0 fully saturated rings. The maximum atomic E-state index is 6.23. The molecule has 2 heterocycles. The second-order valence-electron chi connectivity index (χ2n) is 6.38. The average molecular weight is 433 g/mol. The summed E-state index contributed by atoms with van der Waals surface area (Å²) in [6.07, 6.45) is 4.24. The summed E-state index contributed by atoms with van der Waals surface area (Å²) in [6, 6.07) is 11.5. The lowest BCUT2D eigenvalue weighted by atomic mass is 10.0. The maximum Gasteiger partial charge on any atom is 0.173 e. The van der Waals surface area contributed by atoms with Crippen LogP contribution in [0.15, 0.2) is 58.6 Å². The van der Waals surface area contributed by atoms with Crippen molar-refractivity contribution >= 4 is 45.8 Å². The Kier molecular flexibility index (Phi) is 5.32. The number of thioether (sulfide) groups is 1. The van der Waals surface area contributed by atoms with Gasteiger partial charge in [0.05, 0.1) is 36.0 Å². The summed E-state index contributed by atoms with van der Waals surface area (Å²) in [6.45, 7) is 2.08. The number of methoxy groups -OCH3 is 2. The molecular formula is C21H18Cl2N2O2S. The molecule has 0 N–H and O–H groups in total. The highest BCUT2D eigenvalue weighted by Gasteiger charge is 2.31.